The normalized spacial score (nSPS) is 15.9. The number of hydrogen-bond acceptors (Lipinski definition) is 5. The number of halogens is 3. The Labute approximate surface area is 203 Å². The first-order valence-corrected chi connectivity index (χ1v) is 11.4. The number of para-hydroxylation sites is 2. The van der Waals surface area contributed by atoms with Crippen molar-refractivity contribution in [3.63, 3.8) is 0 Å². The molecule has 0 aromatic heterocycles. The molecule has 1 aliphatic rings. The molecule has 0 aliphatic carbocycles. The SMILES string of the molecule is CNC(=O)CCN1c2ccccc2N(c2ccc(C(F)(F)F)cc2)CC1CNC(=O)OC(C)(C)C. The van der Waals surface area contributed by atoms with Crippen molar-refractivity contribution in [2.45, 2.75) is 45.0 Å². The van der Waals surface area contributed by atoms with Crippen molar-refractivity contribution >= 4 is 29.1 Å². The Hall–Kier alpha value is -3.43. The second-order valence-corrected chi connectivity index (χ2v) is 9.30. The van der Waals surface area contributed by atoms with Crippen LogP contribution in [0.1, 0.15) is 32.8 Å². The zero-order chi connectivity index (χ0) is 25.8. The molecule has 0 fully saturated rings. The fraction of sp³-hybridized carbons (Fsp3) is 0.440. The number of fused-ring (bicyclic) bond motifs is 1. The van der Waals surface area contributed by atoms with Crippen LogP contribution in [-0.4, -0.2) is 50.3 Å². The zero-order valence-electron chi connectivity index (χ0n) is 20.3. The van der Waals surface area contributed by atoms with E-state index in [1.165, 1.54) is 12.1 Å². The highest BCUT2D eigenvalue weighted by atomic mass is 19.4. The van der Waals surface area contributed by atoms with Crippen LogP contribution in [0.4, 0.5) is 35.0 Å². The van der Waals surface area contributed by atoms with Gasteiger partial charge in [0.15, 0.2) is 0 Å². The predicted octanol–water partition coefficient (Wildman–Crippen LogP) is 4.69. The third-order valence-electron chi connectivity index (χ3n) is 5.56. The van der Waals surface area contributed by atoms with Gasteiger partial charge in [-0.2, -0.15) is 13.2 Å². The molecule has 1 unspecified atom stereocenters. The highest BCUT2D eigenvalue weighted by molar-refractivity contribution is 5.81. The van der Waals surface area contributed by atoms with Gasteiger partial charge in [0.05, 0.1) is 23.0 Å². The largest absolute Gasteiger partial charge is 0.444 e. The monoisotopic (exact) mass is 492 g/mol. The number of carbonyl (C=O) groups is 2. The number of amides is 2. The van der Waals surface area contributed by atoms with Gasteiger partial charge in [0.25, 0.3) is 0 Å². The van der Waals surface area contributed by atoms with E-state index in [9.17, 15) is 22.8 Å². The van der Waals surface area contributed by atoms with Gasteiger partial charge in [-0.3, -0.25) is 4.79 Å². The minimum Gasteiger partial charge on any atom is -0.444 e. The summed E-state index contributed by atoms with van der Waals surface area (Å²) in [5.41, 5.74) is 0.839. The van der Waals surface area contributed by atoms with E-state index in [0.717, 1.165) is 23.5 Å². The summed E-state index contributed by atoms with van der Waals surface area (Å²) in [5, 5.41) is 5.41. The van der Waals surface area contributed by atoms with E-state index < -0.39 is 23.4 Å². The number of carbonyl (C=O) groups excluding carboxylic acids is 2. The molecule has 2 aromatic carbocycles. The lowest BCUT2D eigenvalue weighted by molar-refractivity contribution is -0.137. The van der Waals surface area contributed by atoms with E-state index in [0.29, 0.717) is 18.8 Å². The van der Waals surface area contributed by atoms with Crippen molar-refractivity contribution in [3.8, 4) is 0 Å². The molecule has 10 heteroatoms. The minimum atomic E-state index is -4.42. The average molecular weight is 493 g/mol. The molecule has 0 saturated heterocycles. The molecule has 3 rings (SSSR count). The van der Waals surface area contributed by atoms with Crippen molar-refractivity contribution in [2.24, 2.45) is 0 Å². The van der Waals surface area contributed by atoms with E-state index >= 15 is 0 Å². The number of nitrogens with zero attached hydrogens (tertiary/aromatic N) is 2. The number of nitrogens with one attached hydrogen (secondary N) is 2. The van der Waals surface area contributed by atoms with Gasteiger partial charge >= 0.3 is 12.3 Å². The minimum absolute atomic E-state index is 0.119. The number of ether oxygens (including phenoxy) is 1. The first-order chi connectivity index (χ1) is 16.4. The van der Waals surface area contributed by atoms with Crippen molar-refractivity contribution in [2.75, 3.05) is 36.5 Å². The quantitative estimate of drug-likeness (QED) is 0.612. The van der Waals surface area contributed by atoms with Gasteiger partial charge in [0, 0.05) is 38.8 Å². The van der Waals surface area contributed by atoms with Gasteiger partial charge in [0.2, 0.25) is 5.91 Å². The Morgan fingerprint density at radius 1 is 1.03 bits per heavy atom. The van der Waals surface area contributed by atoms with Gasteiger partial charge in [-0.1, -0.05) is 12.1 Å². The lowest BCUT2D eigenvalue weighted by Crippen LogP contribution is -2.54. The maximum absolute atomic E-state index is 13.1. The predicted molar refractivity (Wildman–Crippen MR) is 129 cm³/mol. The third-order valence-corrected chi connectivity index (χ3v) is 5.56. The van der Waals surface area contributed by atoms with E-state index in [4.69, 9.17) is 4.74 Å². The topological polar surface area (TPSA) is 73.9 Å². The highest BCUT2D eigenvalue weighted by Gasteiger charge is 2.34. The Kier molecular flexibility index (Phi) is 7.82. The van der Waals surface area contributed by atoms with Crippen molar-refractivity contribution in [3.05, 3.63) is 54.1 Å². The first-order valence-electron chi connectivity index (χ1n) is 11.4. The molecule has 0 bridgehead atoms. The Balaban J connectivity index is 1.92. The van der Waals surface area contributed by atoms with E-state index in [-0.39, 0.29) is 24.9 Å². The summed E-state index contributed by atoms with van der Waals surface area (Å²) >= 11 is 0. The fourth-order valence-electron chi connectivity index (χ4n) is 3.95. The average Bonchev–Trinajstić information content (AvgIpc) is 2.79. The van der Waals surface area contributed by atoms with Crippen LogP contribution in [0.25, 0.3) is 0 Å². The molecule has 2 N–H and O–H groups in total. The van der Waals surface area contributed by atoms with Crippen LogP contribution in [0.5, 0.6) is 0 Å². The molecule has 190 valence electrons. The molecule has 1 heterocycles. The fourth-order valence-corrected chi connectivity index (χ4v) is 3.95. The summed E-state index contributed by atoms with van der Waals surface area (Å²) in [4.78, 5) is 28.2. The molecule has 0 saturated carbocycles. The van der Waals surface area contributed by atoms with Crippen LogP contribution in [0.2, 0.25) is 0 Å². The summed E-state index contributed by atoms with van der Waals surface area (Å²) in [5.74, 6) is -0.119. The molecule has 2 aromatic rings. The Morgan fingerprint density at radius 3 is 2.23 bits per heavy atom. The molecule has 7 nitrogen and oxygen atoms in total. The highest BCUT2D eigenvalue weighted by Crippen LogP contribution is 2.40. The van der Waals surface area contributed by atoms with Crippen molar-refractivity contribution in [1.29, 1.82) is 0 Å². The summed E-state index contributed by atoms with van der Waals surface area (Å²) in [7, 11) is 1.57. The van der Waals surface area contributed by atoms with Crippen LogP contribution >= 0.6 is 0 Å². The maximum Gasteiger partial charge on any atom is 0.416 e. The van der Waals surface area contributed by atoms with Crippen molar-refractivity contribution in [1.82, 2.24) is 10.6 Å². The van der Waals surface area contributed by atoms with Gasteiger partial charge < -0.3 is 25.2 Å². The molecule has 1 atom stereocenters. The summed E-state index contributed by atoms with van der Waals surface area (Å²) < 4.78 is 44.6. The lowest BCUT2D eigenvalue weighted by atomic mass is 10.0. The van der Waals surface area contributed by atoms with Gasteiger partial charge in [-0.25, -0.2) is 4.79 Å². The van der Waals surface area contributed by atoms with Gasteiger partial charge in [0.1, 0.15) is 5.60 Å². The second kappa shape index (κ2) is 10.5. The molecule has 0 spiro atoms. The van der Waals surface area contributed by atoms with Crippen LogP contribution in [0, 0.1) is 0 Å². The zero-order valence-corrected chi connectivity index (χ0v) is 20.3. The molecular weight excluding hydrogens is 461 g/mol. The molecule has 0 radical (unpaired) electrons. The van der Waals surface area contributed by atoms with E-state index in [1.54, 1.807) is 27.8 Å². The van der Waals surface area contributed by atoms with Crippen LogP contribution < -0.4 is 20.4 Å². The number of alkyl carbamates (subject to hydrolysis) is 1. The molecule has 2 amide bonds. The molecule has 35 heavy (non-hydrogen) atoms. The molecular formula is C25H31F3N4O3. The Morgan fingerprint density at radius 2 is 1.66 bits per heavy atom. The van der Waals surface area contributed by atoms with Crippen LogP contribution in [0.15, 0.2) is 48.5 Å². The van der Waals surface area contributed by atoms with Crippen molar-refractivity contribution < 1.29 is 27.5 Å². The lowest BCUT2D eigenvalue weighted by Gasteiger charge is -2.44. The van der Waals surface area contributed by atoms with E-state index in [2.05, 4.69) is 10.6 Å². The summed E-state index contributed by atoms with van der Waals surface area (Å²) in [6, 6.07) is 12.2. The smallest absolute Gasteiger partial charge is 0.416 e. The van der Waals surface area contributed by atoms with E-state index in [1.807, 2.05) is 34.1 Å². The maximum atomic E-state index is 13.1. The number of hydrogen-bond donors (Lipinski definition) is 2. The summed E-state index contributed by atoms with van der Waals surface area (Å²) in [6.07, 6.45) is -4.74. The van der Waals surface area contributed by atoms with Crippen LogP contribution in [-0.2, 0) is 15.7 Å². The second-order valence-electron chi connectivity index (χ2n) is 9.30. The standard InChI is InChI=1S/C25H31F3N4O3/c1-24(2,3)35-23(34)30-15-19-16-32(18-11-9-17(10-12-18)25(26,27)28)21-8-6-5-7-20(21)31(19)14-13-22(33)29-4/h5-12,19H,13-16H2,1-4H3,(H,29,33)(H,30,34). The molecule has 1 aliphatic heterocycles. The van der Waals surface area contributed by atoms with Gasteiger partial charge in [-0.05, 0) is 57.2 Å². The Bertz CT molecular complexity index is 1040. The van der Waals surface area contributed by atoms with Gasteiger partial charge in [-0.15, -0.1) is 0 Å². The first kappa shape index (κ1) is 26.2. The number of rotatable bonds is 6. The number of benzene rings is 2. The number of anilines is 3. The van der Waals surface area contributed by atoms with Crippen LogP contribution in [0.3, 0.4) is 0 Å². The number of alkyl halides is 3. The third kappa shape index (κ3) is 6.80. The summed E-state index contributed by atoms with van der Waals surface area (Å²) in [6.45, 7) is 6.31.